The maximum atomic E-state index is 12.6. The van der Waals surface area contributed by atoms with Crippen LogP contribution in [0.1, 0.15) is 284 Å². The molecule has 0 fully saturated rings. The lowest BCUT2D eigenvalue weighted by atomic mass is 10.00. The average Bonchev–Trinajstić information content (AvgIpc) is 3.28. The van der Waals surface area contributed by atoms with E-state index in [1.165, 1.54) is 212 Å². The molecule has 0 bridgehead atoms. The first kappa shape index (κ1) is 60.5. The van der Waals surface area contributed by atoms with Crippen molar-refractivity contribution < 1.29 is 25.2 Å². The summed E-state index contributed by atoms with van der Waals surface area (Å²) < 4.78 is 0. The predicted octanol–water partition coefficient (Wildman–Crippen LogP) is 15.6. The number of hydrogen-bond donors (Lipinski definition) is 5. The molecule has 0 saturated heterocycles. The molecule has 6 heteroatoms. The SMILES string of the molecule is CCCCCCCCCCC/C=C/CC/C=C/CCCC(O)C(O)C(CO)NC(=O)C(O)CCCCCCCCCCCCCC/C=C\CCCCCCCCCCCCCC. The van der Waals surface area contributed by atoms with Crippen molar-refractivity contribution in [3.63, 3.8) is 0 Å². The molecule has 0 aliphatic heterocycles. The summed E-state index contributed by atoms with van der Waals surface area (Å²) in [7, 11) is 0. The second-order valence-corrected chi connectivity index (χ2v) is 18.9. The number of allylic oxidation sites excluding steroid dienone is 6. The van der Waals surface area contributed by atoms with Crippen LogP contribution in [0.15, 0.2) is 36.5 Å². The Hall–Kier alpha value is -1.47. The quantitative estimate of drug-likeness (QED) is 0.0309. The minimum Gasteiger partial charge on any atom is -0.394 e. The lowest BCUT2D eigenvalue weighted by molar-refractivity contribution is -0.132. The minimum absolute atomic E-state index is 0.360. The van der Waals surface area contributed by atoms with Crippen molar-refractivity contribution >= 4 is 5.91 Å². The van der Waals surface area contributed by atoms with Gasteiger partial charge in [-0.25, -0.2) is 0 Å². The van der Waals surface area contributed by atoms with Crippen molar-refractivity contribution in [3.8, 4) is 0 Å². The van der Waals surface area contributed by atoms with Crippen LogP contribution in [-0.2, 0) is 4.79 Å². The smallest absolute Gasteiger partial charge is 0.249 e. The van der Waals surface area contributed by atoms with E-state index in [9.17, 15) is 25.2 Å². The van der Waals surface area contributed by atoms with Gasteiger partial charge in [-0.05, 0) is 77.0 Å². The van der Waals surface area contributed by atoms with Crippen LogP contribution in [-0.4, -0.2) is 57.3 Å². The van der Waals surface area contributed by atoms with Gasteiger partial charge in [0, 0.05) is 0 Å². The summed E-state index contributed by atoms with van der Waals surface area (Å²) in [4.78, 5) is 12.6. The summed E-state index contributed by atoms with van der Waals surface area (Å²) in [6, 6.07) is -1.01. The van der Waals surface area contributed by atoms with Gasteiger partial charge in [0.2, 0.25) is 5.91 Å². The molecule has 0 rings (SSSR count). The fourth-order valence-corrected chi connectivity index (χ4v) is 8.48. The zero-order valence-electron chi connectivity index (χ0n) is 41.4. The summed E-state index contributed by atoms with van der Waals surface area (Å²) in [5, 5.41) is 43.9. The van der Waals surface area contributed by atoms with Crippen molar-refractivity contribution in [1.29, 1.82) is 0 Å². The average molecular weight is 874 g/mol. The Morgan fingerprint density at radius 3 is 1.02 bits per heavy atom. The van der Waals surface area contributed by atoms with Crippen LogP contribution >= 0.6 is 0 Å². The number of rotatable bonds is 50. The molecule has 0 saturated carbocycles. The first-order valence-corrected chi connectivity index (χ1v) is 27.4. The first-order chi connectivity index (χ1) is 30.5. The van der Waals surface area contributed by atoms with Gasteiger partial charge in [0.1, 0.15) is 12.2 Å². The number of nitrogens with one attached hydrogen (secondary N) is 1. The molecule has 5 N–H and O–H groups in total. The highest BCUT2D eigenvalue weighted by Crippen LogP contribution is 2.17. The van der Waals surface area contributed by atoms with Crippen LogP contribution in [0.25, 0.3) is 0 Å². The fraction of sp³-hybridized carbons (Fsp3) is 0.875. The molecule has 0 spiro atoms. The van der Waals surface area contributed by atoms with Crippen molar-refractivity contribution in [2.24, 2.45) is 0 Å². The monoisotopic (exact) mass is 874 g/mol. The molecule has 4 atom stereocenters. The van der Waals surface area contributed by atoms with Crippen molar-refractivity contribution in [2.75, 3.05) is 6.61 Å². The summed E-state index contributed by atoms with van der Waals surface area (Å²) in [6.45, 7) is 4.06. The summed E-state index contributed by atoms with van der Waals surface area (Å²) in [6.07, 6.45) is 62.1. The van der Waals surface area contributed by atoms with E-state index >= 15 is 0 Å². The summed E-state index contributed by atoms with van der Waals surface area (Å²) in [5.74, 6) is -0.595. The highest BCUT2D eigenvalue weighted by atomic mass is 16.3. The van der Waals surface area contributed by atoms with Crippen LogP contribution in [0, 0.1) is 0 Å². The largest absolute Gasteiger partial charge is 0.394 e. The number of carbonyl (C=O) groups is 1. The molecule has 4 unspecified atom stereocenters. The summed E-state index contributed by atoms with van der Waals surface area (Å²) >= 11 is 0. The zero-order chi connectivity index (χ0) is 45.2. The van der Waals surface area contributed by atoms with E-state index in [1.807, 2.05) is 0 Å². The van der Waals surface area contributed by atoms with Crippen molar-refractivity contribution in [1.82, 2.24) is 5.32 Å². The molecule has 62 heavy (non-hydrogen) atoms. The summed E-state index contributed by atoms with van der Waals surface area (Å²) in [5.41, 5.74) is 0. The van der Waals surface area contributed by atoms with E-state index in [-0.39, 0.29) is 0 Å². The van der Waals surface area contributed by atoms with Crippen LogP contribution in [0.3, 0.4) is 0 Å². The molecule has 0 radical (unpaired) electrons. The van der Waals surface area contributed by atoms with Gasteiger partial charge in [0.25, 0.3) is 0 Å². The lowest BCUT2D eigenvalue weighted by Crippen LogP contribution is -2.53. The Morgan fingerprint density at radius 2 is 0.677 bits per heavy atom. The molecule has 0 aromatic carbocycles. The highest BCUT2D eigenvalue weighted by molar-refractivity contribution is 5.80. The van der Waals surface area contributed by atoms with E-state index in [4.69, 9.17) is 0 Å². The number of aliphatic hydroxyl groups excluding tert-OH is 4. The lowest BCUT2D eigenvalue weighted by Gasteiger charge is -2.27. The van der Waals surface area contributed by atoms with Gasteiger partial charge in [-0.1, -0.05) is 243 Å². The van der Waals surface area contributed by atoms with E-state index < -0.39 is 36.9 Å². The predicted molar refractivity (Wildman–Crippen MR) is 270 cm³/mol. The normalized spacial score (nSPS) is 14.1. The van der Waals surface area contributed by atoms with Gasteiger partial charge < -0.3 is 25.7 Å². The number of carbonyl (C=O) groups excluding carboxylic acids is 1. The van der Waals surface area contributed by atoms with Crippen LogP contribution in [0.5, 0.6) is 0 Å². The van der Waals surface area contributed by atoms with Gasteiger partial charge in [-0.2, -0.15) is 0 Å². The molecular formula is C56H107NO5. The third-order valence-corrected chi connectivity index (χ3v) is 12.8. The van der Waals surface area contributed by atoms with E-state index in [0.717, 1.165) is 38.5 Å². The van der Waals surface area contributed by atoms with Gasteiger partial charge in [0.05, 0.1) is 18.8 Å². The Bertz CT molecular complexity index is 981. The maximum Gasteiger partial charge on any atom is 0.249 e. The molecule has 366 valence electrons. The second kappa shape index (κ2) is 50.5. The number of amides is 1. The van der Waals surface area contributed by atoms with E-state index in [0.29, 0.717) is 19.3 Å². The topological polar surface area (TPSA) is 110 Å². The Balaban J connectivity index is 3.66. The van der Waals surface area contributed by atoms with E-state index in [1.54, 1.807) is 0 Å². The Morgan fingerprint density at radius 1 is 0.387 bits per heavy atom. The van der Waals surface area contributed by atoms with Crippen LogP contribution in [0.2, 0.25) is 0 Å². The van der Waals surface area contributed by atoms with Gasteiger partial charge in [-0.3, -0.25) is 4.79 Å². The molecule has 6 nitrogen and oxygen atoms in total. The van der Waals surface area contributed by atoms with Crippen LogP contribution in [0.4, 0.5) is 0 Å². The molecule has 0 aromatic rings. The number of hydrogen-bond acceptors (Lipinski definition) is 5. The molecular weight excluding hydrogens is 767 g/mol. The first-order valence-electron chi connectivity index (χ1n) is 27.4. The zero-order valence-corrected chi connectivity index (χ0v) is 41.4. The molecule has 0 heterocycles. The standard InChI is InChI=1S/C56H107NO5/c1-3-5-7-9-11-13-15-17-19-21-23-24-25-26-27-28-29-30-31-32-34-36-38-40-42-44-46-48-50-54(60)56(62)57-52(51-58)55(61)53(59)49-47-45-43-41-39-37-35-33-22-20-18-16-14-12-10-8-6-4-2/h26-27,33,35,41,43,52-55,58-61H,3-25,28-32,34,36-40,42,44-51H2,1-2H3,(H,57,62)/b27-26-,35-33+,43-41+. The highest BCUT2D eigenvalue weighted by Gasteiger charge is 2.28. The van der Waals surface area contributed by atoms with Gasteiger partial charge >= 0.3 is 0 Å². The van der Waals surface area contributed by atoms with Gasteiger partial charge in [-0.15, -0.1) is 0 Å². The fourth-order valence-electron chi connectivity index (χ4n) is 8.48. The molecule has 0 aromatic heterocycles. The third kappa shape index (κ3) is 43.8. The second-order valence-electron chi connectivity index (χ2n) is 18.9. The molecule has 0 aliphatic rings. The maximum absolute atomic E-state index is 12.6. The third-order valence-electron chi connectivity index (χ3n) is 12.8. The Kier molecular flexibility index (Phi) is 49.3. The minimum atomic E-state index is -1.29. The Labute approximate surface area is 386 Å². The number of unbranched alkanes of at least 4 members (excludes halogenated alkanes) is 35. The molecule has 1 amide bonds. The van der Waals surface area contributed by atoms with E-state index in [2.05, 4.69) is 55.6 Å². The van der Waals surface area contributed by atoms with Crippen molar-refractivity contribution in [2.45, 2.75) is 308 Å². The van der Waals surface area contributed by atoms with Crippen molar-refractivity contribution in [3.05, 3.63) is 36.5 Å². The molecule has 0 aliphatic carbocycles. The van der Waals surface area contributed by atoms with Crippen LogP contribution < -0.4 is 5.32 Å². The van der Waals surface area contributed by atoms with Gasteiger partial charge in [0.15, 0.2) is 0 Å². The number of aliphatic hydroxyl groups is 4.